The van der Waals surface area contributed by atoms with Gasteiger partial charge in [0.1, 0.15) is 11.5 Å². The SMILES string of the molecule is COc1ccc(C(=O)NCc2c3c(c(O)c4c2OCO4)C(=O)N(C)CC3)c(OC)c1. The predicted octanol–water partition coefficient (Wildman–Crippen LogP) is 1.70. The van der Waals surface area contributed by atoms with Gasteiger partial charge in [0.2, 0.25) is 12.5 Å². The maximum Gasteiger partial charge on any atom is 0.257 e. The first-order chi connectivity index (χ1) is 14.5. The van der Waals surface area contributed by atoms with Gasteiger partial charge in [-0.2, -0.15) is 0 Å². The number of hydrogen-bond acceptors (Lipinski definition) is 7. The number of rotatable bonds is 5. The van der Waals surface area contributed by atoms with E-state index in [-0.39, 0.29) is 42.2 Å². The topological polar surface area (TPSA) is 107 Å². The second-order valence-electron chi connectivity index (χ2n) is 6.97. The molecule has 0 radical (unpaired) electrons. The van der Waals surface area contributed by atoms with Crippen LogP contribution in [0.5, 0.6) is 28.7 Å². The Hall–Kier alpha value is -3.62. The van der Waals surface area contributed by atoms with Crippen LogP contribution in [0.25, 0.3) is 0 Å². The molecule has 0 aromatic heterocycles. The van der Waals surface area contributed by atoms with E-state index in [4.69, 9.17) is 18.9 Å². The molecule has 2 heterocycles. The van der Waals surface area contributed by atoms with Gasteiger partial charge >= 0.3 is 0 Å². The Kier molecular flexibility index (Phi) is 5.03. The quantitative estimate of drug-likeness (QED) is 0.767. The number of aromatic hydroxyl groups is 1. The van der Waals surface area contributed by atoms with E-state index in [2.05, 4.69) is 5.32 Å². The molecular weight excluding hydrogens is 392 g/mol. The van der Waals surface area contributed by atoms with E-state index in [0.717, 1.165) is 0 Å². The van der Waals surface area contributed by atoms with Crippen LogP contribution in [0.15, 0.2) is 18.2 Å². The summed E-state index contributed by atoms with van der Waals surface area (Å²) in [6.07, 6.45) is 0.527. The van der Waals surface area contributed by atoms with E-state index in [9.17, 15) is 14.7 Å². The lowest BCUT2D eigenvalue weighted by Crippen LogP contribution is -2.35. The zero-order chi connectivity index (χ0) is 21.4. The molecule has 4 rings (SSSR count). The fraction of sp³-hybridized carbons (Fsp3) is 0.333. The van der Waals surface area contributed by atoms with E-state index in [1.807, 2.05) is 0 Å². The van der Waals surface area contributed by atoms with E-state index in [0.29, 0.717) is 46.9 Å². The lowest BCUT2D eigenvalue weighted by atomic mass is 9.91. The van der Waals surface area contributed by atoms with Crippen LogP contribution in [0.4, 0.5) is 0 Å². The van der Waals surface area contributed by atoms with Gasteiger partial charge in [0.15, 0.2) is 11.5 Å². The number of likely N-dealkylation sites (N-methyl/N-ethyl adjacent to an activating group) is 1. The first-order valence-corrected chi connectivity index (χ1v) is 9.38. The molecule has 30 heavy (non-hydrogen) atoms. The molecule has 0 atom stereocenters. The van der Waals surface area contributed by atoms with Crippen molar-refractivity contribution in [2.24, 2.45) is 0 Å². The maximum absolute atomic E-state index is 12.8. The second kappa shape index (κ2) is 7.66. The minimum Gasteiger partial charge on any atom is -0.504 e. The third kappa shape index (κ3) is 3.12. The van der Waals surface area contributed by atoms with Gasteiger partial charge in [0, 0.05) is 31.8 Å². The summed E-state index contributed by atoms with van der Waals surface area (Å²) in [6.45, 7) is 0.528. The summed E-state index contributed by atoms with van der Waals surface area (Å²) in [7, 11) is 4.68. The van der Waals surface area contributed by atoms with Crippen molar-refractivity contribution in [1.82, 2.24) is 10.2 Å². The summed E-state index contributed by atoms with van der Waals surface area (Å²) >= 11 is 0. The monoisotopic (exact) mass is 414 g/mol. The molecule has 0 spiro atoms. The van der Waals surface area contributed by atoms with Crippen molar-refractivity contribution in [2.45, 2.75) is 13.0 Å². The Morgan fingerprint density at radius 2 is 2.00 bits per heavy atom. The first-order valence-electron chi connectivity index (χ1n) is 9.38. The summed E-state index contributed by atoms with van der Waals surface area (Å²) in [5, 5.41) is 13.4. The van der Waals surface area contributed by atoms with E-state index in [1.54, 1.807) is 25.2 Å². The van der Waals surface area contributed by atoms with Crippen LogP contribution in [0.2, 0.25) is 0 Å². The zero-order valence-electron chi connectivity index (χ0n) is 16.9. The molecule has 0 saturated heterocycles. The Balaban J connectivity index is 1.67. The lowest BCUT2D eigenvalue weighted by Gasteiger charge is -2.28. The third-order valence-corrected chi connectivity index (χ3v) is 5.34. The number of phenols is 1. The number of carbonyl (C=O) groups excluding carboxylic acids is 2. The maximum atomic E-state index is 12.8. The number of benzene rings is 2. The van der Waals surface area contributed by atoms with Crippen LogP contribution in [0.3, 0.4) is 0 Å². The van der Waals surface area contributed by atoms with Gasteiger partial charge in [-0.25, -0.2) is 0 Å². The number of nitrogens with one attached hydrogen (secondary N) is 1. The molecular formula is C21H22N2O7. The molecule has 2 aromatic rings. The number of amides is 2. The van der Waals surface area contributed by atoms with Gasteiger partial charge in [0.05, 0.1) is 25.3 Å². The standard InChI is InChI=1S/C21H22N2O7/c1-23-7-6-12-14(18-19(30-10-29-18)17(24)16(12)21(23)26)9-22-20(25)13-5-4-11(27-2)8-15(13)28-3/h4-5,8,24H,6-7,9-10H2,1-3H3,(H,22,25). The van der Waals surface area contributed by atoms with Crippen LogP contribution >= 0.6 is 0 Å². The molecule has 2 aromatic carbocycles. The Labute approximate surface area is 173 Å². The molecule has 0 saturated carbocycles. The van der Waals surface area contributed by atoms with Crippen molar-refractivity contribution < 1.29 is 33.6 Å². The van der Waals surface area contributed by atoms with Crippen molar-refractivity contribution in [2.75, 3.05) is 34.6 Å². The van der Waals surface area contributed by atoms with Crippen molar-refractivity contribution in [3.05, 3.63) is 40.5 Å². The molecule has 0 bridgehead atoms. The van der Waals surface area contributed by atoms with Crippen molar-refractivity contribution >= 4 is 11.8 Å². The van der Waals surface area contributed by atoms with Gasteiger partial charge in [-0.1, -0.05) is 0 Å². The van der Waals surface area contributed by atoms with Gasteiger partial charge in [-0.3, -0.25) is 9.59 Å². The largest absolute Gasteiger partial charge is 0.504 e. The summed E-state index contributed by atoms with van der Waals surface area (Å²) in [6, 6.07) is 4.91. The van der Waals surface area contributed by atoms with E-state index < -0.39 is 0 Å². The average molecular weight is 414 g/mol. The molecule has 2 aliphatic rings. The zero-order valence-corrected chi connectivity index (χ0v) is 16.9. The van der Waals surface area contributed by atoms with Gasteiger partial charge in [-0.15, -0.1) is 0 Å². The Morgan fingerprint density at radius 1 is 1.23 bits per heavy atom. The Bertz CT molecular complexity index is 1030. The number of ether oxygens (including phenoxy) is 4. The molecule has 2 N–H and O–H groups in total. The number of fused-ring (bicyclic) bond motifs is 2. The highest BCUT2D eigenvalue weighted by atomic mass is 16.7. The van der Waals surface area contributed by atoms with Crippen LogP contribution in [0, 0.1) is 0 Å². The van der Waals surface area contributed by atoms with Gasteiger partial charge in [0.25, 0.3) is 11.8 Å². The molecule has 9 nitrogen and oxygen atoms in total. The Morgan fingerprint density at radius 3 is 2.73 bits per heavy atom. The van der Waals surface area contributed by atoms with Crippen LogP contribution < -0.4 is 24.3 Å². The second-order valence-corrected chi connectivity index (χ2v) is 6.97. The van der Waals surface area contributed by atoms with Crippen LogP contribution in [0.1, 0.15) is 31.8 Å². The fourth-order valence-corrected chi connectivity index (χ4v) is 3.74. The highest BCUT2D eigenvalue weighted by Gasteiger charge is 2.35. The normalized spacial score (nSPS) is 14.4. The molecule has 9 heteroatoms. The number of phenolic OH excluding ortho intramolecular Hbond substituents is 1. The number of methoxy groups -OCH3 is 2. The molecule has 0 unspecified atom stereocenters. The highest BCUT2D eigenvalue weighted by molar-refractivity contribution is 6.01. The van der Waals surface area contributed by atoms with Crippen LogP contribution in [-0.2, 0) is 13.0 Å². The summed E-state index contributed by atoms with van der Waals surface area (Å²) in [5.41, 5.74) is 1.81. The minimum atomic E-state index is -0.358. The van der Waals surface area contributed by atoms with Crippen molar-refractivity contribution in [3.8, 4) is 28.7 Å². The minimum absolute atomic E-state index is 0.0664. The van der Waals surface area contributed by atoms with E-state index in [1.165, 1.54) is 19.1 Å². The molecule has 0 fully saturated rings. The van der Waals surface area contributed by atoms with Crippen molar-refractivity contribution in [3.63, 3.8) is 0 Å². The number of hydrogen-bond donors (Lipinski definition) is 2. The molecule has 2 aliphatic heterocycles. The highest BCUT2D eigenvalue weighted by Crippen LogP contribution is 2.49. The van der Waals surface area contributed by atoms with Gasteiger partial charge in [-0.05, 0) is 24.1 Å². The summed E-state index contributed by atoms with van der Waals surface area (Å²) in [5.74, 6) is 0.554. The third-order valence-electron chi connectivity index (χ3n) is 5.34. The summed E-state index contributed by atoms with van der Waals surface area (Å²) in [4.78, 5) is 27.0. The fourth-order valence-electron chi connectivity index (χ4n) is 3.74. The van der Waals surface area contributed by atoms with Crippen molar-refractivity contribution in [1.29, 1.82) is 0 Å². The van der Waals surface area contributed by atoms with Crippen LogP contribution in [-0.4, -0.2) is 56.4 Å². The molecule has 2 amide bonds. The average Bonchev–Trinajstić information content (AvgIpc) is 3.25. The van der Waals surface area contributed by atoms with Gasteiger partial charge < -0.3 is 34.3 Å². The predicted molar refractivity (Wildman–Crippen MR) is 106 cm³/mol. The lowest BCUT2D eigenvalue weighted by molar-refractivity contribution is 0.0776. The van der Waals surface area contributed by atoms with E-state index >= 15 is 0 Å². The molecule has 0 aliphatic carbocycles. The summed E-state index contributed by atoms with van der Waals surface area (Å²) < 4.78 is 21.4. The first kappa shape index (κ1) is 19.7. The molecule has 158 valence electrons. The number of carbonyl (C=O) groups is 2. The number of nitrogens with zero attached hydrogens (tertiary/aromatic N) is 1. The smallest absolute Gasteiger partial charge is 0.257 e.